The molecule has 0 bridgehead atoms. The first-order chi connectivity index (χ1) is 15.1. The van der Waals surface area contributed by atoms with Crippen LogP contribution in [0.5, 0.6) is 0 Å². The second-order valence-electron chi connectivity index (χ2n) is 7.98. The highest BCUT2D eigenvalue weighted by Crippen LogP contribution is 2.28. The number of nitrogens with zero attached hydrogens (tertiary/aromatic N) is 3. The van der Waals surface area contributed by atoms with E-state index in [0.717, 1.165) is 29.9 Å². The Morgan fingerprint density at radius 2 is 1.81 bits per heavy atom. The molecule has 162 valence electrons. The summed E-state index contributed by atoms with van der Waals surface area (Å²) in [6.07, 6.45) is 6.46. The number of aromatic nitrogens is 3. The van der Waals surface area contributed by atoms with E-state index in [2.05, 4.69) is 27.6 Å². The fourth-order valence-electron chi connectivity index (χ4n) is 3.90. The first kappa shape index (κ1) is 21.9. The molecule has 1 aliphatic rings. The minimum absolute atomic E-state index is 0.0622. The third-order valence-electron chi connectivity index (χ3n) is 5.59. The van der Waals surface area contributed by atoms with Gasteiger partial charge in [0, 0.05) is 23.2 Å². The molecule has 4 rings (SSSR count). The van der Waals surface area contributed by atoms with Crippen LogP contribution in [0.25, 0.3) is 5.69 Å². The zero-order valence-electron chi connectivity index (χ0n) is 17.6. The Kier molecular flexibility index (Phi) is 7.30. The van der Waals surface area contributed by atoms with Gasteiger partial charge >= 0.3 is 0 Å². The first-order valence-electron chi connectivity index (χ1n) is 10.8. The fourth-order valence-corrected chi connectivity index (χ4v) is 4.92. The van der Waals surface area contributed by atoms with Crippen molar-refractivity contribution in [1.82, 2.24) is 20.1 Å². The minimum atomic E-state index is -0.262. The van der Waals surface area contributed by atoms with E-state index in [1.165, 1.54) is 31.0 Å². The van der Waals surface area contributed by atoms with Gasteiger partial charge in [0.15, 0.2) is 5.16 Å². The number of nitrogens with one attached hydrogen (secondary N) is 1. The number of benzene rings is 2. The highest BCUT2D eigenvalue weighted by atomic mass is 35.5. The van der Waals surface area contributed by atoms with E-state index in [0.29, 0.717) is 22.6 Å². The minimum Gasteiger partial charge on any atom is -0.352 e. The molecule has 0 spiro atoms. The van der Waals surface area contributed by atoms with Crippen LogP contribution >= 0.6 is 23.4 Å². The third-order valence-corrected chi connectivity index (χ3v) is 6.89. The maximum Gasteiger partial charge on any atom is 0.233 e. The third kappa shape index (κ3) is 5.69. The molecule has 31 heavy (non-hydrogen) atoms. The fraction of sp³-hybridized carbons (Fsp3) is 0.375. The molecule has 1 N–H and O–H groups in total. The topological polar surface area (TPSA) is 59.8 Å². The van der Waals surface area contributed by atoms with Gasteiger partial charge in [0.1, 0.15) is 5.82 Å². The van der Waals surface area contributed by atoms with E-state index in [1.807, 2.05) is 54.0 Å². The predicted octanol–water partition coefficient (Wildman–Crippen LogP) is 5.44. The Labute approximate surface area is 192 Å². The summed E-state index contributed by atoms with van der Waals surface area (Å²) in [7, 11) is 0. The Balaban J connectivity index is 1.56. The van der Waals surface area contributed by atoms with Crippen LogP contribution in [0.15, 0.2) is 59.8 Å². The van der Waals surface area contributed by atoms with Gasteiger partial charge in [0.25, 0.3) is 0 Å². The molecule has 2 aromatic carbocycles. The molecule has 1 amide bonds. The predicted molar refractivity (Wildman–Crippen MR) is 126 cm³/mol. The Morgan fingerprint density at radius 3 is 2.52 bits per heavy atom. The number of carbonyl (C=O) groups is 1. The summed E-state index contributed by atoms with van der Waals surface area (Å²) in [5.74, 6) is 0.892. The standard InChI is InChI=1S/C24H27ClN4OS/c1-17(23(30)26-20-10-6-3-7-11-20)31-24-28-27-22(16-18-8-4-2-5-9-18)29(24)21-14-12-19(25)13-15-21/h2,4-5,8-9,12-15,17,20H,3,6-7,10-11,16H2,1H3,(H,26,30). The summed E-state index contributed by atoms with van der Waals surface area (Å²) >= 11 is 7.54. The molecule has 5 nitrogen and oxygen atoms in total. The van der Waals surface area contributed by atoms with Gasteiger partial charge in [0.2, 0.25) is 5.91 Å². The van der Waals surface area contributed by atoms with E-state index in [1.54, 1.807) is 0 Å². The van der Waals surface area contributed by atoms with Gasteiger partial charge in [0.05, 0.1) is 5.25 Å². The second kappa shape index (κ2) is 10.3. The van der Waals surface area contributed by atoms with E-state index < -0.39 is 0 Å². The quantitative estimate of drug-likeness (QED) is 0.483. The van der Waals surface area contributed by atoms with Crippen LogP contribution in [0.3, 0.4) is 0 Å². The molecule has 1 atom stereocenters. The summed E-state index contributed by atoms with van der Waals surface area (Å²) in [4.78, 5) is 12.8. The largest absolute Gasteiger partial charge is 0.352 e. The average molecular weight is 455 g/mol. The van der Waals surface area contributed by atoms with E-state index in [4.69, 9.17) is 11.6 Å². The van der Waals surface area contributed by atoms with Crippen molar-refractivity contribution in [2.75, 3.05) is 0 Å². The lowest BCUT2D eigenvalue weighted by Crippen LogP contribution is -2.40. The van der Waals surface area contributed by atoms with Crippen LogP contribution in [0.4, 0.5) is 0 Å². The Hall–Kier alpha value is -2.31. The Morgan fingerprint density at radius 1 is 1.10 bits per heavy atom. The van der Waals surface area contributed by atoms with Crippen LogP contribution in [0.2, 0.25) is 5.02 Å². The first-order valence-corrected chi connectivity index (χ1v) is 12.1. The summed E-state index contributed by atoms with van der Waals surface area (Å²) < 4.78 is 2.03. The molecule has 7 heteroatoms. The number of carbonyl (C=O) groups excluding carboxylic acids is 1. The van der Waals surface area contributed by atoms with Gasteiger partial charge in [-0.05, 0) is 49.6 Å². The van der Waals surface area contributed by atoms with Crippen LogP contribution < -0.4 is 5.32 Å². The molecule has 3 aromatic rings. The molecule has 0 saturated heterocycles. The van der Waals surface area contributed by atoms with Crippen molar-refractivity contribution in [3.05, 3.63) is 71.0 Å². The summed E-state index contributed by atoms with van der Waals surface area (Å²) in [6, 6.07) is 18.1. The molecule has 1 fully saturated rings. The van der Waals surface area contributed by atoms with Gasteiger partial charge in [-0.2, -0.15) is 0 Å². The number of rotatable bonds is 7. The van der Waals surface area contributed by atoms with E-state index in [9.17, 15) is 4.79 Å². The lowest BCUT2D eigenvalue weighted by Gasteiger charge is -2.24. The van der Waals surface area contributed by atoms with Crippen LogP contribution in [0.1, 0.15) is 50.4 Å². The molecule has 1 saturated carbocycles. The zero-order chi connectivity index (χ0) is 21.6. The van der Waals surface area contributed by atoms with Crippen LogP contribution in [-0.2, 0) is 11.2 Å². The highest BCUT2D eigenvalue weighted by Gasteiger charge is 2.24. The summed E-state index contributed by atoms with van der Waals surface area (Å²) in [6.45, 7) is 1.93. The van der Waals surface area contributed by atoms with Crippen molar-refractivity contribution in [3.8, 4) is 5.69 Å². The maximum absolute atomic E-state index is 12.8. The van der Waals surface area contributed by atoms with Crippen molar-refractivity contribution in [3.63, 3.8) is 0 Å². The second-order valence-corrected chi connectivity index (χ2v) is 9.72. The maximum atomic E-state index is 12.8. The smallest absolute Gasteiger partial charge is 0.233 e. The molecular weight excluding hydrogens is 428 g/mol. The highest BCUT2D eigenvalue weighted by molar-refractivity contribution is 8.00. The van der Waals surface area contributed by atoms with Gasteiger partial charge in [-0.15, -0.1) is 10.2 Å². The molecular formula is C24H27ClN4OS. The number of halogens is 1. The zero-order valence-corrected chi connectivity index (χ0v) is 19.2. The normalized spacial score (nSPS) is 15.5. The molecule has 1 aromatic heterocycles. The summed E-state index contributed by atoms with van der Waals surface area (Å²) in [5, 5.41) is 13.2. The number of thioether (sulfide) groups is 1. The number of hydrogen-bond donors (Lipinski definition) is 1. The van der Waals surface area contributed by atoms with Crippen molar-refractivity contribution in [1.29, 1.82) is 0 Å². The summed E-state index contributed by atoms with van der Waals surface area (Å²) in [5.41, 5.74) is 2.09. The SMILES string of the molecule is CC(Sc1nnc(Cc2ccccc2)n1-c1ccc(Cl)cc1)C(=O)NC1CCCCC1. The molecule has 1 unspecified atom stereocenters. The van der Waals surface area contributed by atoms with Gasteiger partial charge in [-0.1, -0.05) is 73.0 Å². The number of hydrogen-bond acceptors (Lipinski definition) is 4. The Bertz CT molecular complexity index is 1000. The van der Waals surface area contributed by atoms with Crippen molar-refractivity contribution < 1.29 is 4.79 Å². The lowest BCUT2D eigenvalue weighted by molar-refractivity contribution is -0.121. The van der Waals surface area contributed by atoms with Gasteiger partial charge < -0.3 is 5.32 Å². The van der Waals surface area contributed by atoms with Gasteiger partial charge in [-0.3, -0.25) is 9.36 Å². The van der Waals surface area contributed by atoms with Crippen LogP contribution in [0, 0.1) is 0 Å². The molecule has 1 heterocycles. The molecule has 0 radical (unpaired) electrons. The van der Waals surface area contributed by atoms with E-state index >= 15 is 0 Å². The monoisotopic (exact) mass is 454 g/mol. The van der Waals surface area contributed by atoms with Gasteiger partial charge in [-0.25, -0.2) is 0 Å². The molecule has 1 aliphatic carbocycles. The lowest BCUT2D eigenvalue weighted by atomic mass is 9.95. The number of amides is 1. The van der Waals surface area contributed by atoms with Crippen molar-refractivity contribution >= 4 is 29.3 Å². The average Bonchev–Trinajstić information content (AvgIpc) is 3.17. The van der Waals surface area contributed by atoms with E-state index in [-0.39, 0.29) is 11.2 Å². The van der Waals surface area contributed by atoms with Crippen LogP contribution in [-0.4, -0.2) is 32.0 Å². The molecule has 0 aliphatic heterocycles. The van der Waals surface area contributed by atoms with Crippen molar-refractivity contribution in [2.45, 2.75) is 61.9 Å². The van der Waals surface area contributed by atoms with Crippen molar-refractivity contribution in [2.24, 2.45) is 0 Å².